The summed E-state index contributed by atoms with van der Waals surface area (Å²) in [6.45, 7) is 1.79. The number of benzene rings is 4. The van der Waals surface area contributed by atoms with Crippen LogP contribution in [0.3, 0.4) is 0 Å². The molecular weight excluding hydrogens is 565 g/mol. The number of carbonyl (C=O) groups excluding carboxylic acids is 3. The molecule has 0 fully saturated rings. The van der Waals surface area contributed by atoms with Crippen LogP contribution in [0.15, 0.2) is 114 Å². The van der Waals surface area contributed by atoms with Gasteiger partial charge < -0.3 is 16.0 Å². The van der Waals surface area contributed by atoms with Crippen molar-refractivity contribution in [2.75, 3.05) is 10.6 Å². The molecule has 4 aromatic rings. The molecule has 0 saturated heterocycles. The predicted molar refractivity (Wildman–Crippen MR) is 164 cm³/mol. The van der Waals surface area contributed by atoms with E-state index in [-0.39, 0.29) is 11.6 Å². The van der Waals surface area contributed by atoms with Crippen LogP contribution in [0, 0.1) is 0 Å². The van der Waals surface area contributed by atoms with Gasteiger partial charge in [0.1, 0.15) is 5.70 Å². The number of halogens is 2. The predicted octanol–water partition coefficient (Wildman–Crippen LogP) is 7.52. The number of amides is 3. The van der Waals surface area contributed by atoms with Gasteiger partial charge in [-0.15, -0.1) is 11.8 Å². The van der Waals surface area contributed by atoms with Crippen LogP contribution < -0.4 is 16.0 Å². The Labute approximate surface area is 246 Å². The fourth-order valence-electron chi connectivity index (χ4n) is 3.60. The Balaban J connectivity index is 1.48. The van der Waals surface area contributed by atoms with Crippen LogP contribution in [0.25, 0.3) is 6.08 Å². The minimum absolute atomic E-state index is 0.0225. The van der Waals surface area contributed by atoms with Gasteiger partial charge in [-0.1, -0.05) is 71.7 Å². The molecule has 6 nitrogen and oxygen atoms in total. The Bertz CT molecular complexity index is 1560. The van der Waals surface area contributed by atoms with Gasteiger partial charge in [-0.25, -0.2) is 0 Å². The third-order valence-electron chi connectivity index (χ3n) is 5.60. The van der Waals surface area contributed by atoms with Gasteiger partial charge in [-0.05, 0) is 73.2 Å². The summed E-state index contributed by atoms with van der Waals surface area (Å²) in [5.41, 5.74) is 2.11. The zero-order chi connectivity index (χ0) is 28.5. The molecule has 0 aliphatic carbocycles. The van der Waals surface area contributed by atoms with Gasteiger partial charge in [0.25, 0.3) is 11.8 Å². The molecule has 0 spiro atoms. The van der Waals surface area contributed by atoms with Crippen LogP contribution in [-0.4, -0.2) is 23.0 Å². The first-order valence-electron chi connectivity index (χ1n) is 12.3. The van der Waals surface area contributed by atoms with E-state index in [2.05, 4.69) is 16.0 Å². The van der Waals surface area contributed by atoms with Crippen molar-refractivity contribution < 1.29 is 14.4 Å². The van der Waals surface area contributed by atoms with Gasteiger partial charge in [0.2, 0.25) is 5.91 Å². The topological polar surface area (TPSA) is 87.3 Å². The van der Waals surface area contributed by atoms with E-state index < -0.39 is 17.1 Å². The van der Waals surface area contributed by atoms with Gasteiger partial charge in [-0.2, -0.15) is 0 Å². The summed E-state index contributed by atoms with van der Waals surface area (Å²) in [6.07, 6.45) is 1.53. The van der Waals surface area contributed by atoms with Crippen LogP contribution in [0.4, 0.5) is 11.4 Å². The largest absolute Gasteiger partial charge is 0.325 e. The summed E-state index contributed by atoms with van der Waals surface area (Å²) >= 11 is 13.7. The SMILES string of the molecule is CC(Sc1cccc(NC(=O)/C(=C\c2ccccc2Cl)NC(=O)c2ccccc2)c1)C(=O)Nc1cccc(Cl)c1. The third kappa shape index (κ3) is 8.23. The molecule has 202 valence electrons. The maximum Gasteiger partial charge on any atom is 0.272 e. The van der Waals surface area contributed by atoms with Crippen LogP contribution in [0.5, 0.6) is 0 Å². The molecule has 3 amide bonds. The molecule has 1 atom stereocenters. The monoisotopic (exact) mass is 589 g/mol. The van der Waals surface area contributed by atoms with Crippen LogP contribution in [-0.2, 0) is 9.59 Å². The fourth-order valence-corrected chi connectivity index (χ4v) is 4.91. The van der Waals surface area contributed by atoms with Crippen molar-refractivity contribution in [3.8, 4) is 0 Å². The molecule has 0 aromatic heterocycles. The van der Waals surface area contributed by atoms with Crippen LogP contribution in [0.1, 0.15) is 22.8 Å². The standard InChI is InChI=1S/C31H25Cl2N3O3S/c1-20(29(37)34-24-13-7-12-23(32)18-24)40-26-15-8-14-25(19-26)35-31(39)28(17-22-11-5-6-16-27(22)33)36-30(38)21-9-3-2-4-10-21/h2-20H,1H3,(H,34,37)(H,35,39)(H,36,38)/b28-17+. The number of rotatable bonds is 9. The van der Waals surface area contributed by atoms with Gasteiger partial charge in [-0.3, -0.25) is 14.4 Å². The normalized spacial score (nSPS) is 11.8. The van der Waals surface area contributed by atoms with E-state index in [1.807, 2.05) is 6.07 Å². The van der Waals surface area contributed by atoms with Crippen molar-refractivity contribution in [1.82, 2.24) is 5.32 Å². The highest BCUT2D eigenvalue weighted by Crippen LogP contribution is 2.27. The second kappa shape index (κ2) is 13.8. The van der Waals surface area contributed by atoms with E-state index in [0.29, 0.717) is 32.5 Å². The lowest BCUT2D eigenvalue weighted by Gasteiger charge is -2.14. The van der Waals surface area contributed by atoms with E-state index in [4.69, 9.17) is 23.2 Å². The molecule has 0 heterocycles. The van der Waals surface area contributed by atoms with Crippen molar-refractivity contribution in [3.05, 3.63) is 130 Å². The minimum atomic E-state index is -0.530. The molecule has 1 unspecified atom stereocenters. The van der Waals surface area contributed by atoms with E-state index in [1.54, 1.807) is 104 Å². The summed E-state index contributed by atoms with van der Waals surface area (Å²) in [5.74, 6) is -1.15. The Morgan fingerprint density at radius 3 is 2.17 bits per heavy atom. The second-order valence-corrected chi connectivity index (χ2v) is 10.9. The van der Waals surface area contributed by atoms with Crippen LogP contribution in [0.2, 0.25) is 10.0 Å². The Kier molecular flexibility index (Phi) is 10.0. The average molecular weight is 591 g/mol. The van der Waals surface area contributed by atoms with Crippen LogP contribution >= 0.6 is 35.0 Å². The summed E-state index contributed by atoms with van der Waals surface area (Å²) in [4.78, 5) is 39.7. The number of thioether (sulfide) groups is 1. The molecule has 9 heteroatoms. The smallest absolute Gasteiger partial charge is 0.272 e. The average Bonchev–Trinajstić information content (AvgIpc) is 2.94. The van der Waals surface area contributed by atoms with Gasteiger partial charge in [0, 0.05) is 31.9 Å². The quantitative estimate of drug-likeness (QED) is 0.139. The Hall–Kier alpha value is -4.04. The van der Waals surface area contributed by atoms with E-state index in [1.165, 1.54) is 17.8 Å². The summed E-state index contributed by atoms with van der Waals surface area (Å²) in [6, 6.07) is 29.7. The lowest BCUT2D eigenvalue weighted by Crippen LogP contribution is -2.30. The number of hydrogen-bond acceptors (Lipinski definition) is 4. The van der Waals surface area contributed by atoms with Gasteiger partial charge >= 0.3 is 0 Å². The summed E-state index contributed by atoms with van der Waals surface area (Å²) in [5, 5.41) is 8.93. The molecule has 0 aliphatic heterocycles. The number of carbonyl (C=O) groups is 3. The Morgan fingerprint density at radius 1 is 0.775 bits per heavy atom. The number of hydrogen-bond donors (Lipinski definition) is 3. The number of nitrogens with one attached hydrogen (secondary N) is 3. The Morgan fingerprint density at radius 2 is 1.45 bits per heavy atom. The summed E-state index contributed by atoms with van der Waals surface area (Å²) < 4.78 is 0. The highest BCUT2D eigenvalue weighted by atomic mass is 35.5. The molecule has 0 saturated carbocycles. The third-order valence-corrected chi connectivity index (χ3v) is 7.27. The van der Waals surface area contributed by atoms with Gasteiger partial charge in [0.15, 0.2) is 0 Å². The first kappa shape index (κ1) is 29.0. The molecule has 4 aromatic carbocycles. The van der Waals surface area contributed by atoms with E-state index >= 15 is 0 Å². The highest BCUT2D eigenvalue weighted by molar-refractivity contribution is 8.00. The zero-order valence-corrected chi connectivity index (χ0v) is 23.7. The molecule has 3 N–H and O–H groups in total. The zero-order valence-electron chi connectivity index (χ0n) is 21.4. The minimum Gasteiger partial charge on any atom is -0.325 e. The maximum absolute atomic E-state index is 13.3. The first-order valence-corrected chi connectivity index (χ1v) is 13.9. The molecule has 0 bridgehead atoms. The second-order valence-electron chi connectivity index (χ2n) is 8.64. The molecular formula is C31H25Cl2N3O3S. The molecule has 0 radical (unpaired) electrons. The van der Waals surface area contributed by atoms with Crippen molar-refractivity contribution in [2.45, 2.75) is 17.1 Å². The lowest BCUT2D eigenvalue weighted by atomic mass is 10.1. The van der Waals surface area contributed by atoms with E-state index in [9.17, 15) is 14.4 Å². The maximum atomic E-state index is 13.3. The van der Waals surface area contributed by atoms with E-state index in [0.717, 1.165) is 4.90 Å². The van der Waals surface area contributed by atoms with Crippen molar-refractivity contribution >= 4 is 70.1 Å². The lowest BCUT2D eigenvalue weighted by molar-refractivity contribution is -0.115. The fraction of sp³-hybridized carbons (Fsp3) is 0.0645. The van der Waals surface area contributed by atoms with Crippen molar-refractivity contribution in [3.63, 3.8) is 0 Å². The van der Waals surface area contributed by atoms with Gasteiger partial charge in [0.05, 0.1) is 5.25 Å². The van der Waals surface area contributed by atoms with Crippen molar-refractivity contribution in [1.29, 1.82) is 0 Å². The molecule has 4 rings (SSSR count). The summed E-state index contributed by atoms with van der Waals surface area (Å²) in [7, 11) is 0. The van der Waals surface area contributed by atoms with Crippen molar-refractivity contribution in [2.24, 2.45) is 0 Å². The highest BCUT2D eigenvalue weighted by Gasteiger charge is 2.18. The number of anilines is 2. The molecule has 40 heavy (non-hydrogen) atoms. The first-order chi connectivity index (χ1) is 19.3. The molecule has 0 aliphatic rings.